The van der Waals surface area contributed by atoms with Gasteiger partial charge < -0.3 is 15.3 Å². The molecule has 0 aliphatic carbocycles. The van der Waals surface area contributed by atoms with Gasteiger partial charge in [0.05, 0.1) is 0 Å². The second kappa shape index (κ2) is 6.25. The van der Waals surface area contributed by atoms with Crippen LogP contribution in [0.15, 0.2) is 24.3 Å². The molecule has 1 unspecified atom stereocenters. The highest BCUT2D eigenvalue weighted by Gasteiger charge is 2.10. The summed E-state index contributed by atoms with van der Waals surface area (Å²) in [6, 6.07) is 6.48. The highest BCUT2D eigenvalue weighted by Crippen LogP contribution is 2.10. The maximum atomic E-state index is 11.8. The molecule has 1 rings (SSSR count). The van der Waals surface area contributed by atoms with Crippen molar-refractivity contribution in [3.8, 4) is 5.75 Å². The average Bonchev–Trinajstić information content (AvgIpc) is 2.26. The second-order valence-corrected chi connectivity index (χ2v) is 4.52. The number of carbonyl (C=O) groups is 1. The molecule has 0 aliphatic rings. The van der Waals surface area contributed by atoms with Crippen molar-refractivity contribution in [3.63, 3.8) is 0 Å². The molecule has 0 fully saturated rings. The van der Waals surface area contributed by atoms with Gasteiger partial charge in [-0.2, -0.15) is 0 Å². The van der Waals surface area contributed by atoms with Crippen LogP contribution in [0.3, 0.4) is 0 Å². The zero-order chi connectivity index (χ0) is 12.8. The Morgan fingerprint density at radius 2 is 2.18 bits per heavy atom. The maximum absolute atomic E-state index is 11.8. The van der Waals surface area contributed by atoms with Crippen LogP contribution in [-0.2, 0) is 0 Å². The molecule has 0 radical (unpaired) electrons. The van der Waals surface area contributed by atoms with Crippen molar-refractivity contribution in [1.82, 2.24) is 10.2 Å². The van der Waals surface area contributed by atoms with Crippen LogP contribution >= 0.6 is 0 Å². The van der Waals surface area contributed by atoms with E-state index in [0.29, 0.717) is 5.56 Å². The number of nitrogens with zero attached hydrogens (tertiary/aromatic N) is 1. The van der Waals surface area contributed by atoms with Crippen molar-refractivity contribution in [3.05, 3.63) is 29.8 Å². The second-order valence-electron chi connectivity index (χ2n) is 4.52. The van der Waals surface area contributed by atoms with Gasteiger partial charge in [0.25, 0.3) is 5.91 Å². The van der Waals surface area contributed by atoms with Crippen LogP contribution in [0, 0.1) is 0 Å². The summed E-state index contributed by atoms with van der Waals surface area (Å²) in [4.78, 5) is 13.9. The first-order valence-electron chi connectivity index (χ1n) is 5.73. The van der Waals surface area contributed by atoms with Crippen LogP contribution < -0.4 is 5.32 Å². The Morgan fingerprint density at radius 3 is 2.76 bits per heavy atom. The molecule has 0 spiro atoms. The van der Waals surface area contributed by atoms with Gasteiger partial charge in [-0.3, -0.25) is 4.79 Å². The average molecular weight is 236 g/mol. The minimum atomic E-state index is -0.146. The Kier molecular flexibility index (Phi) is 4.97. The van der Waals surface area contributed by atoms with Gasteiger partial charge in [0, 0.05) is 11.6 Å². The largest absolute Gasteiger partial charge is 0.508 e. The van der Waals surface area contributed by atoms with Crippen molar-refractivity contribution in [2.24, 2.45) is 0 Å². The van der Waals surface area contributed by atoms with Gasteiger partial charge in [-0.25, -0.2) is 0 Å². The molecular formula is C13H20N2O2. The quantitative estimate of drug-likeness (QED) is 0.814. The van der Waals surface area contributed by atoms with E-state index in [4.69, 9.17) is 0 Å². The Hall–Kier alpha value is -1.55. The first-order chi connectivity index (χ1) is 7.99. The number of amides is 1. The minimum Gasteiger partial charge on any atom is -0.508 e. The van der Waals surface area contributed by atoms with Crippen LogP contribution in [0.2, 0.25) is 0 Å². The van der Waals surface area contributed by atoms with Crippen LogP contribution in [-0.4, -0.2) is 42.6 Å². The van der Waals surface area contributed by atoms with E-state index in [1.807, 2.05) is 21.0 Å². The Labute approximate surface area is 102 Å². The van der Waals surface area contributed by atoms with Gasteiger partial charge in [-0.15, -0.1) is 0 Å². The summed E-state index contributed by atoms with van der Waals surface area (Å²) in [5.41, 5.74) is 0.488. The van der Waals surface area contributed by atoms with Gasteiger partial charge in [0.1, 0.15) is 5.75 Å². The lowest BCUT2D eigenvalue weighted by Crippen LogP contribution is -2.34. The summed E-state index contributed by atoms with van der Waals surface area (Å²) < 4.78 is 0. The highest BCUT2D eigenvalue weighted by atomic mass is 16.3. The highest BCUT2D eigenvalue weighted by molar-refractivity contribution is 5.94. The molecule has 4 heteroatoms. The summed E-state index contributed by atoms with van der Waals surface area (Å²) in [6.07, 6.45) is 0.900. The molecule has 2 N–H and O–H groups in total. The summed E-state index contributed by atoms with van der Waals surface area (Å²) in [7, 11) is 4.01. The van der Waals surface area contributed by atoms with E-state index in [9.17, 15) is 9.90 Å². The monoisotopic (exact) mass is 236 g/mol. The summed E-state index contributed by atoms with van der Waals surface area (Å²) in [6.45, 7) is 2.91. The Balaban J connectivity index is 2.49. The lowest BCUT2D eigenvalue weighted by molar-refractivity contribution is 0.0936. The minimum absolute atomic E-state index is 0.110. The predicted molar refractivity (Wildman–Crippen MR) is 68.2 cm³/mol. The lowest BCUT2D eigenvalue weighted by atomic mass is 10.1. The van der Waals surface area contributed by atoms with E-state index in [1.165, 1.54) is 6.07 Å². The van der Waals surface area contributed by atoms with Crippen molar-refractivity contribution in [1.29, 1.82) is 0 Å². The van der Waals surface area contributed by atoms with Crippen LogP contribution in [0.1, 0.15) is 23.7 Å². The third-order valence-corrected chi connectivity index (χ3v) is 2.50. The van der Waals surface area contributed by atoms with Crippen LogP contribution in [0.5, 0.6) is 5.75 Å². The maximum Gasteiger partial charge on any atom is 0.251 e. The molecule has 0 aromatic heterocycles. The van der Waals surface area contributed by atoms with Crippen LogP contribution in [0.4, 0.5) is 0 Å². The van der Waals surface area contributed by atoms with Gasteiger partial charge in [0.2, 0.25) is 0 Å². The molecule has 17 heavy (non-hydrogen) atoms. The number of phenols is 1. The molecule has 94 valence electrons. The van der Waals surface area contributed by atoms with Gasteiger partial charge >= 0.3 is 0 Å². The fraction of sp³-hybridized carbons (Fsp3) is 0.462. The number of carbonyl (C=O) groups excluding carboxylic acids is 1. The first-order valence-corrected chi connectivity index (χ1v) is 5.73. The van der Waals surface area contributed by atoms with E-state index < -0.39 is 0 Å². The van der Waals surface area contributed by atoms with Gasteiger partial charge in [-0.05, 0) is 52.2 Å². The number of hydrogen-bond donors (Lipinski definition) is 2. The van der Waals surface area contributed by atoms with Crippen molar-refractivity contribution < 1.29 is 9.90 Å². The fourth-order valence-electron chi connectivity index (χ4n) is 1.48. The molecule has 0 saturated carbocycles. The molecule has 1 aromatic carbocycles. The summed E-state index contributed by atoms with van der Waals surface area (Å²) in [5, 5.41) is 12.2. The van der Waals surface area contributed by atoms with Gasteiger partial charge in [0.15, 0.2) is 0 Å². The molecule has 0 saturated heterocycles. The van der Waals surface area contributed by atoms with E-state index >= 15 is 0 Å². The zero-order valence-corrected chi connectivity index (χ0v) is 10.6. The van der Waals surface area contributed by atoms with E-state index in [-0.39, 0.29) is 17.7 Å². The Morgan fingerprint density at radius 1 is 1.47 bits per heavy atom. The number of nitrogens with one attached hydrogen (secondary N) is 1. The first kappa shape index (κ1) is 13.5. The molecule has 1 amide bonds. The molecule has 1 atom stereocenters. The predicted octanol–water partition coefficient (Wildman–Crippen LogP) is 1.46. The number of aromatic hydroxyl groups is 1. The molecule has 0 aliphatic heterocycles. The Bertz CT molecular complexity index is 377. The molecule has 4 nitrogen and oxygen atoms in total. The topological polar surface area (TPSA) is 52.6 Å². The standard InChI is InChI=1S/C13H20N2O2/c1-10(7-8-15(2)3)14-13(17)11-5-4-6-12(16)9-11/h4-6,9-10,16H,7-8H2,1-3H3,(H,14,17). The number of hydrogen-bond acceptors (Lipinski definition) is 3. The smallest absolute Gasteiger partial charge is 0.251 e. The SMILES string of the molecule is CC(CCN(C)C)NC(=O)c1cccc(O)c1. The van der Waals surface area contributed by atoms with Crippen molar-refractivity contribution in [2.45, 2.75) is 19.4 Å². The lowest BCUT2D eigenvalue weighted by Gasteiger charge is -2.16. The fourth-order valence-corrected chi connectivity index (χ4v) is 1.48. The normalized spacial score (nSPS) is 12.5. The third kappa shape index (κ3) is 4.87. The van der Waals surface area contributed by atoms with Crippen molar-refractivity contribution >= 4 is 5.91 Å². The third-order valence-electron chi connectivity index (χ3n) is 2.50. The van der Waals surface area contributed by atoms with E-state index in [0.717, 1.165) is 13.0 Å². The molecule has 0 bridgehead atoms. The zero-order valence-electron chi connectivity index (χ0n) is 10.6. The van der Waals surface area contributed by atoms with E-state index in [1.54, 1.807) is 18.2 Å². The molecule has 1 aromatic rings. The number of rotatable bonds is 5. The van der Waals surface area contributed by atoms with E-state index in [2.05, 4.69) is 10.2 Å². The molecular weight excluding hydrogens is 216 g/mol. The summed E-state index contributed by atoms with van der Waals surface area (Å²) in [5.74, 6) is -0.0363. The number of phenolic OH excluding ortho intramolecular Hbond substituents is 1. The van der Waals surface area contributed by atoms with Gasteiger partial charge in [-0.1, -0.05) is 6.07 Å². The van der Waals surface area contributed by atoms with Crippen molar-refractivity contribution in [2.75, 3.05) is 20.6 Å². The molecule has 0 heterocycles. The number of benzene rings is 1. The van der Waals surface area contributed by atoms with Crippen LogP contribution in [0.25, 0.3) is 0 Å². The summed E-state index contributed by atoms with van der Waals surface area (Å²) >= 11 is 0.